The lowest BCUT2D eigenvalue weighted by molar-refractivity contribution is -0.121. The Balaban J connectivity index is 1.36. The van der Waals surface area contributed by atoms with Gasteiger partial charge in [0, 0.05) is 55.9 Å². The van der Waals surface area contributed by atoms with Gasteiger partial charge in [-0.2, -0.15) is 15.2 Å². The summed E-state index contributed by atoms with van der Waals surface area (Å²) in [6, 6.07) is 4.15. The minimum atomic E-state index is -0.966. The number of fused-ring (bicyclic) bond motifs is 4. The van der Waals surface area contributed by atoms with E-state index in [1.807, 2.05) is 11.0 Å². The number of nitrogens with zero attached hydrogens (tertiary/aromatic N) is 5. The molecule has 4 aliphatic heterocycles. The summed E-state index contributed by atoms with van der Waals surface area (Å²) in [4.78, 5) is 26.2. The molecule has 0 spiro atoms. The third-order valence-electron chi connectivity index (χ3n) is 10.1. The van der Waals surface area contributed by atoms with Crippen molar-refractivity contribution in [2.45, 2.75) is 56.3 Å². The van der Waals surface area contributed by atoms with Gasteiger partial charge in [0.25, 0.3) is 0 Å². The number of anilines is 2. The van der Waals surface area contributed by atoms with E-state index in [2.05, 4.69) is 15.2 Å². The molecule has 4 aliphatic rings. The second kappa shape index (κ2) is 11.8. The van der Waals surface area contributed by atoms with Gasteiger partial charge in [-0.1, -0.05) is 17.7 Å². The molecule has 3 atom stereocenters. The highest BCUT2D eigenvalue weighted by Gasteiger charge is 2.49. The van der Waals surface area contributed by atoms with Gasteiger partial charge in [-0.05, 0) is 37.4 Å². The molecule has 8 rings (SSSR count). The predicted molar refractivity (Wildman–Crippen MR) is 176 cm³/mol. The Morgan fingerprint density at radius 1 is 1.25 bits per heavy atom. The Morgan fingerprint density at radius 2 is 2.10 bits per heavy atom. The lowest BCUT2D eigenvalue weighted by Crippen LogP contribution is -2.46. The number of thiophene rings is 1. The average Bonchev–Trinajstić information content (AvgIpc) is 3.69. The Labute approximate surface area is 282 Å². The molecule has 1 amide bonds. The summed E-state index contributed by atoms with van der Waals surface area (Å²) in [6.07, 6.45) is 2.26. The molecule has 0 saturated carbocycles. The number of ether oxygens (including phenoxy) is 2. The number of halogens is 4. The summed E-state index contributed by atoms with van der Waals surface area (Å²) in [5.41, 5.74) is 5.49. The lowest BCUT2D eigenvalue weighted by Gasteiger charge is -2.37. The zero-order valence-electron chi connectivity index (χ0n) is 25.8. The molecule has 3 fully saturated rings. The van der Waals surface area contributed by atoms with Crippen molar-refractivity contribution < 1.29 is 27.4 Å². The lowest BCUT2D eigenvalue weighted by atomic mass is 9.95. The Hall–Kier alpha value is -4.06. The van der Waals surface area contributed by atoms with Crippen LogP contribution in [0.15, 0.2) is 12.1 Å². The number of amides is 1. The third-order valence-corrected chi connectivity index (χ3v) is 11.5. The van der Waals surface area contributed by atoms with Gasteiger partial charge in [0.2, 0.25) is 5.91 Å². The zero-order valence-corrected chi connectivity index (χ0v) is 27.3. The number of alkyl halides is 1. The molecule has 6 heterocycles. The van der Waals surface area contributed by atoms with Crippen LogP contribution in [-0.2, 0) is 4.79 Å². The summed E-state index contributed by atoms with van der Waals surface area (Å²) >= 11 is 7.94. The van der Waals surface area contributed by atoms with Crippen LogP contribution in [0.3, 0.4) is 0 Å². The van der Waals surface area contributed by atoms with Crippen LogP contribution < -0.4 is 25.4 Å². The first-order valence-corrected chi connectivity index (χ1v) is 17.2. The van der Waals surface area contributed by atoms with Crippen LogP contribution >= 0.6 is 22.9 Å². The summed E-state index contributed by atoms with van der Waals surface area (Å²) in [5.74, 6) is -1.12. The van der Waals surface area contributed by atoms with Gasteiger partial charge in [-0.15, -0.1) is 11.3 Å². The number of benzene rings is 2. The number of hydrogen-bond donors (Lipinski definition) is 2. The molecule has 1 unspecified atom stereocenters. The van der Waals surface area contributed by atoms with E-state index in [4.69, 9.17) is 31.8 Å². The van der Waals surface area contributed by atoms with Crippen molar-refractivity contribution >= 4 is 60.7 Å². The van der Waals surface area contributed by atoms with Crippen molar-refractivity contribution in [3.8, 4) is 29.0 Å². The number of rotatable bonds is 4. The molecule has 0 bridgehead atoms. The van der Waals surface area contributed by atoms with Gasteiger partial charge in [0.1, 0.15) is 41.0 Å². The van der Waals surface area contributed by atoms with E-state index in [1.54, 1.807) is 0 Å². The summed E-state index contributed by atoms with van der Waals surface area (Å²) < 4.78 is 59.4. The number of nitriles is 1. The van der Waals surface area contributed by atoms with E-state index < -0.39 is 23.3 Å². The zero-order chi connectivity index (χ0) is 33.3. The smallest absolute Gasteiger partial charge is 0.319 e. The fourth-order valence-corrected chi connectivity index (χ4v) is 9.21. The normalized spacial score (nSPS) is 24.2. The molecule has 48 heavy (non-hydrogen) atoms. The van der Waals surface area contributed by atoms with Gasteiger partial charge >= 0.3 is 6.01 Å². The van der Waals surface area contributed by atoms with Crippen molar-refractivity contribution in [2.24, 2.45) is 0 Å². The van der Waals surface area contributed by atoms with E-state index in [0.29, 0.717) is 44.7 Å². The highest BCUT2D eigenvalue weighted by atomic mass is 35.5. The first kappa shape index (κ1) is 31.2. The molecule has 250 valence electrons. The van der Waals surface area contributed by atoms with E-state index >= 15 is 4.39 Å². The number of carbonyl (C=O) groups excluding carboxylic acids is 1. The maximum absolute atomic E-state index is 17.2. The van der Waals surface area contributed by atoms with Gasteiger partial charge in [0.15, 0.2) is 11.6 Å². The standard InChI is InChI=1S/C33H31ClF3N7O3S/c34-25-23(18-3-4-20(36)29-22(18)19(13-38)30(39)48-29)26(37)27-24-28(25)46-10-5-17-11-21(45)40-7-2-9-44(17)31(24)42-32(41-27)47-15-33-6-1-8-43(33)14-16(35)12-33/h3-4,16-17H,1-2,5-12,14-15,39H2,(H,40,45)/t16-,17?,33+/m1/s1. The molecule has 4 aromatic rings. The van der Waals surface area contributed by atoms with Gasteiger partial charge < -0.3 is 25.4 Å². The van der Waals surface area contributed by atoms with E-state index in [0.717, 1.165) is 30.7 Å². The molecular weight excluding hydrogens is 667 g/mol. The van der Waals surface area contributed by atoms with Crippen LogP contribution in [0.2, 0.25) is 5.02 Å². The second-order valence-corrected chi connectivity index (χ2v) is 14.3. The van der Waals surface area contributed by atoms with Crippen LogP contribution in [0.4, 0.5) is 24.0 Å². The number of nitrogens with one attached hydrogen (secondary N) is 1. The number of carbonyl (C=O) groups is 1. The Kier molecular flexibility index (Phi) is 7.69. The third kappa shape index (κ3) is 4.89. The number of nitrogens with two attached hydrogens (primary N) is 1. The molecule has 0 aliphatic carbocycles. The van der Waals surface area contributed by atoms with Crippen LogP contribution in [-0.4, -0.2) is 77.9 Å². The molecule has 3 N–H and O–H groups in total. The molecule has 3 saturated heterocycles. The van der Waals surface area contributed by atoms with Crippen molar-refractivity contribution in [3.05, 3.63) is 34.4 Å². The number of nitrogen functional groups attached to an aromatic ring is 1. The highest BCUT2D eigenvalue weighted by Crippen LogP contribution is 2.51. The number of hydrogen-bond acceptors (Lipinski definition) is 10. The van der Waals surface area contributed by atoms with Crippen LogP contribution in [0.25, 0.3) is 32.1 Å². The first-order valence-electron chi connectivity index (χ1n) is 16.0. The summed E-state index contributed by atoms with van der Waals surface area (Å²) in [7, 11) is 0. The molecule has 2 aromatic carbocycles. The molecular formula is C33H31ClF3N7O3S. The SMILES string of the molecule is N#Cc1c(N)sc2c(F)ccc(-c3c(Cl)c4c5c(nc(OC[C@@]67CCCN6C[C@H](F)C7)nc5c3F)N3CCCNC(=O)CC3CCO4)c12. The van der Waals surface area contributed by atoms with E-state index in [-0.39, 0.29) is 91.0 Å². The minimum absolute atomic E-state index is 0.0147. The van der Waals surface area contributed by atoms with Crippen molar-refractivity contribution in [3.63, 3.8) is 0 Å². The van der Waals surface area contributed by atoms with Crippen molar-refractivity contribution in [2.75, 3.05) is 50.0 Å². The number of aromatic nitrogens is 2. The fourth-order valence-electron chi connectivity index (χ4n) is 7.93. The van der Waals surface area contributed by atoms with Crippen molar-refractivity contribution in [1.29, 1.82) is 5.26 Å². The highest BCUT2D eigenvalue weighted by molar-refractivity contribution is 7.23. The van der Waals surface area contributed by atoms with Gasteiger partial charge in [-0.25, -0.2) is 13.2 Å². The minimum Gasteiger partial charge on any atom is -0.491 e. The monoisotopic (exact) mass is 697 g/mol. The fraction of sp³-hybridized carbons (Fsp3) is 0.455. The summed E-state index contributed by atoms with van der Waals surface area (Å²) in [5, 5.41) is 13.2. The molecule has 0 radical (unpaired) electrons. The maximum atomic E-state index is 17.2. The topological polar surface area (TPSA) is 130 Å². The maximum Gasteiger partial charge on any atom is 0.319 e. The average molecular weight is 698 g/mol. The van der Waals surface area contributed by atoms with Gasteiger partial charge in [0.05, 0.1) is 32.8 Å². The second-order valence-electron chi connectivity index (χ2n) is 12.9. The van der Waals surface area contributed by atoms with Crippen LogP contribution in [0.1, 0.15) is 44.1 Å². The van der Waals surface area contributed by atoms with Crippen LogP contribution in [0.5, 0.6) is 11.8 Å². The predicted octanol–water partition coefficient (Wildman–Crippen LogP) is 5.72. The quantitative estimate of drug-likeness (QED) is 0.275. The Bertz CT molecular complexity index is 2040. The largest absolute Gasteiger partial charge is 0.491 e. The van der Waals surface area contributed by atoms with Crippen LogP contribution in [0, 0.1) is 23.0 Å². The molecule has 10 nitrogen and oxygen atoms in total. The molecule has 2 aromatic heterocycles. The first-order chi connectivity index (χ1) is 23.2. The summed E-state index contributed by atoms with van der Waals surface area (Å²) in [6.45, 7) is 2.34. The van der Waals surface area contributed by atoms with Gasteiger partial charge in [-0.3, -0.25) is 9.69 Å². The van der Waals surface area contributed by atoms with E-state index in [9.17, 15) is 18.8 Å². The Morgan fingerprint density at radius 3 is 2.94 bits per heavy atom. The molecule has 15 heteroatoms. The van der Waals surface area contributed by atoms with Crippen molar-refractivity contribution in [1.82, 2.24) is 20.2 Å². The van der Waals surface area contributed by atoms with E-state index in [1.165, 1.54) is 12.1 Å².